The Labute approximate surface area is 199 Å². The van der Waals surface area contributed by atoms with Crippen LogP contribution in [-0.4, -0.2) is 17.3 Å². The molecule has 33 heavy (non-hydrogen) atoms. The Bertz CT molecular complexity index is 1030. The van der Waals surface area contributed by atoms with Crippen LogP contribution in [0.15, 0.2) is 36.4 Å². The van der Waals surface area contributed by atoms with E-state index < -0.39 is 0 Å². The van der Waals surface area contributed by atoms with Crippen molar-refractivity contribution >= 4 is 17.3 Å². The number of fused-ring (bicyclic) bond motifs is 1. The number of hydrogen-bond donors (Lipinski definition) is 0. The van der Waals surface area contributed by atoms with E-state index in [0.29, 0.717) is 6.42 Å². The number of ketones is 3. The molecule has 2 aromatic carbocycles. The molecule has 3 atom stereocenters. The van der Waals surface area contributed by atoms with Crippen LogP contribution in [0.25, 0.3) is 11.1 Å². The first-order valence-corrected chi connectivity index (χ1v) is 12.5. The zero-order valence-electron chi connectivity index (χ0n) is 20.9. The van der Waals surface area contributed by atoms with E-state index in [-0.39, 0.29) is 41.5 Å². The van der Waals surface area contributed by atoms with Crippen molar-refractivity contribution < 1.29 is 14.4 Å². The zero-order chi connectivity index (χ0) is 24.1. The lowest BCUT2D eigenvalue weighted by molar-refractivity contribution is -0.129. The van der Waals surface area contributed by atoms with E-state index in [4.69, 9.17) is 0 Å². The lowest BCUT2D eigenvalue weighted by atomic mass is 9.71. The normalized spacial score (nSPS) is 17.4. The molecule has 0 aliphatic heterocycles. The van der Waals surface area contributed by atoms with Crippen molar-refractivity contribution in [3.8, 4) is 11.1 Å². The van der Waals surface area contributed by atoms with E-state index in [2.05, 4.69) is 57.2 Å². The minimum absolute atomic E-state index is 0.0338. The third kappa shape index (κ3) is 5.88. The van der Waals surface area contributed by atoms with Crippen molar-refractivity contribution in [2.45, 2.75) is 79.6 Å². The Kier molecular flexibility index (Phi) is 8.40. The molecular formula is C30H38O3. The van der Waals surface area contributed by atoms with Crippen molar-refractivity contribution in [1.82, 2.24) is 0 Å². The number of carbonyl (C=O) groups excluding carboxylic acids is 3. The Morgan fingerprint density at radius 2 is 1.82 bits per heavy atom. The van der Waals surface area contributed by atoms with Gasteiger partial charge in [-0.25, -0.2) is 0 Å². The van der Waals surface area contributed by atoms with Gasteiger partial charge in [0.25, 0.3) is 0 Å². The molecule has 0 N–H and O–H groups in total. The molecule has 176 valence electrons. The molecule has 0 radical (unpaired) electrons. The second kappa shape index (κ2) is 11.0. The number of hydrogen-bond acceptors (Lipinski definition) is 3. The van der Waals surface area contributed by atoms with Gasteiger partial charge in [0.15, 0.2) is 5.78 Å². The van der Waals surface area contributed by atoms with Gasteiger partial charge in [-0.15, -0.1) is 0 Å². The highest BCUT2D eigenvalue weighted by Crippen LogP contribution is 2.38. The van der Waals surface area contributed by atoms with Gasteiger partial charge in [-0.1, -0.05) is 68.7 Å². The van der Waals surface area contributed by atoms with Crippen LogP contribution < -0.4 is 0 Å². The first-order chi connectivity index (χ1) is 15.7. The van der Waals surface area contributed by atoms with Crippen molar-refractivity contribution in [2.75, 3.05) is 0 Å². The van der Waals surface area contributed by atoms with Gasteiger partial charge >= 0.3 is 0 Å². The lowest BCUT2D eigenvalue weighted by Gasteiger charge is -2.32. The molecule has 2 aromatic rings. The quantitative estimate of drug-likeness (QED) is 0.366. The summed E-state index contributed by atoms with van der Waals surface area (Å²) in [4.78, 5) is 37.6. The number of rotatable bonds is 10. The SMILES string of the molecule is CCCC(CC1CC(=O)c2c(ccc(-c3cccc(C)c3)c2C)C1)C(CC)C(=O)CC(C)=O. The van der Waals surface area contributed by atoms with Gasteiger partial charge in [-0.2, -0.15) is 0 Å². The smallest absolute Gasteiger partial charge is 0.163 e. The maximum Gasteiger partial charge on any atom is 0.163 e. The Balaban J connectivity index is 1.83. The summed E-state index contributed by atoms with van der Waals surface area (Å²) in [5, 5.41) is 0. The summed E-state index contributed by atoms with van der Waals surface area (Å²) in [6, 6.07) is 12.7. The third-order valence-corrected chi connectivity index (χ3v) is 7.28. The highest BCUT2D eigenvalue weighted by molar-refractivity contribution is 6.02. The molecule has 1 aliphatic carbocycles. The highest BCUT2D eigenvalue weighted by Gasteiger charge is 2.33. The molecule has 0 fully saturated rings. The van der Waals surface area contributed by atoms with E-state index in [1.807, 2.05) is 6.92 Å². The van der Waals surface area contributed by atoms with Crippen molar-refractivity contribution in [3.63, 3.8) is 0 Å². The van der Waals surface area contributed by atoms with E-state index in [1.165, 1.54) is 12.5 Å². The summed E-state index contributed by atoms with van der Waals surface area (Å²) in [5.41, 5.74) is 6.62. The number of carbonyl (C=O) groups is 3. The summed E-state index contributed by atoms with van der Waals surface area (Å²) < 4.78 is 0. The summed E-state index contributed by atoms with van der Waals surface area (Å²) >= 11 is 0. The number of aryl methyl sites for hydroxylation is 1. The summed E-state index contributed by atoms with van der Waals surface area (Å²) in [5.74, 6) is 0.645. The number of Topliss-reactive ketones (excluding diaryl/α,β-unsaturated/α-hetero) is 3. The maximum atomic E-state index is 13.3. The molecule has 0 aromatic heterocycles. The Hall–Kier alpha value is -2.55. The molecule has 3 heteroatoms. The minimum atomic E-state index is -0.0872. The van der Waals surface area contributed by atoms with Gasteiger partial charge in [0, 0.05) is 17.9 Å². The fraction of sp³-hybridized carbons (Fsp3) is 0.500. The number of benzene rings is 2. The largest absolute Gasteiger partial charge is 0.300 e. The van der Waals surface area contributed by atoms with Crippen LogP contribution in [0, 0.1) is 31.6 Å². The van der Waals surface area contributed by atoms with Crippen LogP contribution in [0.3, 0.4) is 0 Å². The minimum Gasteiger partial charge on any atom is -0.300 e. The first kappa shape index (κ1) is 25.1. The monoisotopic (exact) mass is 446 g/mol. The molecule has 3 nitrogen and oxygen atoms in total. The lowest BCUT2D eigenvalue weighted by Crippen LogP contribution is -2.29. The van der Waals surface area contributed by atoms with Crippen LogP contribution in [-0.2, 0) is 16.0 Å². The van der Waals surface area contributed by atoms with Crippen LogP contribution in [0.2, 0.25) is 0 Å². The highest BCUT2D eigenvalue weighted by atomic mass is 16.1. The molecular weight excluding hydrogens is 408 g/mol. The molecule has 0 saturated carbocycles. The molecule has 0 heterocycles. The van der Waals surface area contributed by atoms with Crippen molar-refractivity contribution in [3.05, 3.63) is 58.7 Å². The van der Waals surface area contributed by atoms with Crippen LogP contribution in [0.1, 0.15) is 86.3 Å². The van der Waals surface area contributed by atoms with Crippen molar-refractivity contribution in [2.24, 2.45) is 17.8 Å². The van der Waals surface area contributed by atoms with E-state index in [9.17, 15) is 14.4 Å². The average Bonchev–Trinajstić information content (AvgIpc) is 2.73. The fourth-order valence-corrected chi connectivity index (χ4v) is 5.85. The van der Waals surface area contributed by atoms with Gasteiger partial charge in [0.1, 0.15) is 11.6 Å². The summed E-state index contributed by atoms with van der Waals surface area (Å²) in [6.45, 7) is 9.84. The molecule has 0 spiro atoms. The fourth-order valence-electron chi connectivity index (χ4n) is 5.85. The molecule has 0 saturated heterocycles. The van der Waals surface area contributed by atoms with Gasteiger partial charge in [-0.3, -0.25) is 14.4 Å². The first-order valence-electron chi connectivity index (χ1n) is 12.5. The van der Waals surface area contributed by atoms with Crippen LogP contribution >= 0.6 is 0 Å². The molecule has 3 unspecified atom stereocenters. The van der Waals surface area contributed by atoms with Crippen molar-refractivity contribution in [1.29, 1.82) is 0 Å². The van der Waals surface area contributed by atoms with Gasteiger partial charge in [0.05, 0.1) is 6.42 Å². The maximum absolute atomic E-state index is 13.3. The summed E-state index contributed by atoms with van der Waals surface area (Å²) in [7, 11) is 0. The molecule has 3 rings (SSSR count). The van der Waals surface area contributed by atoms with E-state index in [0.717, 1.165) is 59.9 Å². The van der Waals surface area contributed by atoms with E-state index >= 15 is 0 Å². The van der Waals surface area contributed by atoms with Crippen LogP contribution in [0.5, 0.6) is 0 Å². The third-order valence-electron chi connectivity index (χ3n) is 7.28. The second-order valence-electron chi connectivity index (χ2n) is 9.98. The van der Waals surface area contributed by atoms with Gasteiger partial charge in [-0.05, 0) is 74.1 Å². The standard InChI is InChI=1S/C30H38O3/c1-6-9-23(26(7-2)28(32)15-20(4)31)16-22-17-25-12-13-27(21(5)30(25)29(33)18-22)24-11-8-10-19(3)14-24/h8,10-14,22-23,26H,6-7,9,15-18H2,1-5H3. The summed E-state index contributed by atoms with van der Waals surface area (Å²) in [6.07, 6.45) is 5.06. The molecule has 0 amide bonds. The Morgan fingerprint density at radius 1 is 1.06 bits per heavy atom. The van der Waals surface area contributed by atoms with E-state index in [1.54, 1.807) is 0 Å². The Morgan fingerprint density at radius 3 is 2.45 bits per heavy atom. The second-order valence-corrected chi connectivity index (χ2v) is 9.98. The van der Waals surface area contributed by atoms with Crippen LogP contribution in [0.4, 0.5) is 0 Å². The topological polar surface area (TPSA) is 51.2 Å². The van der Waals surface area contributed by atoms with Gasteiger partial charge < -0.3 is 0 Å². The predicted octanol–water partition coefficient (Wildman–Crippen LogP) is 7.10. The molecule has 0 bridgehead atoms. The van der Waals surface area contributed by atoms with Gasteiger partial charge in [0.2, 0.25) is 0 Å². The predicted molar refractivity (Wildman–Crippen MR) is 135 cm³/mol. The average molecular weight is 447 g/mol. The zero-order valence-corrected chi connectivity index (χ0v) is 20.9. The molecule has 1 aliphatic rings.